The number of nitrogens with one attached hydrogen (secondary N) is 2. The van der Waals surface area contributed by atoms with Gasteiger partial charge in [-0.1, -0.05) is 13.3 Å². The summed E-state index contributed by atoms with van der Waals surface area (Å²) in [7, 11) is 0. The lowest BCUT2D eigenvalue weighted by molar-refractivity contribution is -0.135. The molecule has 0 rings (SSSR count). The lowest BCUT2D eigenvalue weighted by Gasteiger charge is -2.15. The summed E-state index contributed by atoms with van der Waals surface area (Å²) in [6.07, 6.45) is 1.31. The molecule has 0 aliphatic rings. The summed E-state index contributed by atoms with van der Waals surface area (Å²) in [5.41, 5.74) is 10.6. The first-order chi connectivity index (χ1) is 7.67. The normalized spacial score (nSPS) is 10.2. The molecule has 0 spiro atoms. The maximum Gasteiger partial charge on any atom is 0.232 e. The average molecular weight is 230 g/mol. The molecule has 0 aliphatic heterocycles. The summed E-state index contributed by atoms with van der Waals surface area (Å²) in [4.78, 5) is 23.3. The second-order valence-electron chi connectivity index (χ2n) is 3.50. The lowest BCUT2D eigenvalue weighted by Crippen LogP contribution is -2.43. The van der Waals surface area contributed by atoms with E-state index in [2.05, 4.69) is 10.6 Å². The Morgan fingerprint density at radius 2 is 1.50 bits per heavy atom. The van der Waals surface area contributed by atoms with Crippen molar-refractivity contribution >= 4 is 11.8 Å². The van der Waals surface area contributed by atoms with E-state index in [1.54, 1.807) is 0 Å². The van der Waals surface area contributed by atoms with Gasteiger partial charge >= 0.3 is 0 Å². The van der Waals surface area contributed by atoms with Crippen molar-refractivity contribution in [2.24, 2.45) is 17.4 Å². The monoisotopic (exact) mass is 230 g/mol. The molecule has 0 saturated carbocycles. The molecule has 0 radical (unpaired) electrons. The van der Waals surface area contributed by atoms with E-state index in [-0.39, 0.29) is 11.8 Å². The van der Waals surface area contributed by atoms with Crippen LogP contribution in [0.4, 0.5) is 0 Å². The topological polar surface area (TPSA) is 110 Å². The van der Waals surface area contributed by atoms with Crippen LogP contribution in [0, 0.1) is 5.92 Å². The molecule has 0 aromatic heterocycles. The third kappa shape index (κ3) is 5.67. The van der Waals surface area contributed by atoms with E-state index in [0.717, 1.165) is 6.42 Å². The smallest absolute Gasteiger partial charge is 0.232 e. The highest BCUT2D eigenvalue weighted by Crippen LogP contribution is 2.06. The average Bonchev–Trinajstić information content (AvgIpc) is 2.29. The zero-order valence-electron chi connectivity index (χ0n) is 9.79. The molecule has 0 heterocycles. The highest BCUT2D eigenvalue weighted by Gasteiger charge is 2.24. The van der Waals surface area contributed by atoms with Crippen molar-refractivity contribution in [3.8, 4) is 0 Å². The van der Waals surface area contributed by atoms with Crippen LogP contribution in [-0.2, 0) is 9.59 Å². The quantitative estimate of drug-likeness (QED) is 0.382. The predicted octanol–water partition coefficient (Wildman–Crippen LogP) is -1.45. The zero-order valence-corrected chi connectivity index (χ0v) is 9.79. The van der Waals surface area contributed by atoms with Crippen molar-refractivity contribution in [2.45, 2.75) is 19.8 Å². The molecule has 0 saturated heterocycles. The summed E-state index contributed by atoms with van der Waals surface area (Å²) in [5.74, 6) is -1.16. The van der Waals surface area contributed by atoms with E-state index in [1.165, 1.54) is 0 Å². The van der Waals surface area contributed by atoms with Crippen molar-refractivity contribution in [1.82, 2.24) is 10.6 Å². The van der Waals surface area contributed by atoms with Gasteiger partial charge in [0.05, 0.1) is 0 Å². The molecule has 0 aromatic carbocycles. The van der Waals surface area contributed by atoms with Crippen molar-refractivity contribution in [3.63, 3.8) is 0 Å². The standard InChI is InChI=1S/C10H22N4O2/c1-2-3-8(9(15)13-6-4-11)10(16)14-7-5-12/h8H,2-7,11-12H2,1H3,(H,13,15)(H,14,16). The highest BCUT2D eigenvalue weighted by molar-refractivity contribution is 6.00. The van der Waals surface area contributed by atoms with Crippen LogP contribution in [0.5, 0.6) is 0 Å². The number of carbonyl (C=O) groups is 2. The first-order valence-electron chi connectivity index (χ1n) is 5.62. The molecule has 0 aromatic rings. The molecular formula is C10H22N4O2. The van der Waals surface area contributed by atoms with Gasteiger partial charge in [-0.15, -0.1) is 0 Å². The van der Waals surface area contributed by atoms with E-state index in [0.29, 0.717) is 32.6 Å². The Balaban J connectivity index is 4.22. The van der Waals surface area contributed by atoms with Crippen molar-refractivity contribution in [1.29, 1.82) is 0 Å². The lowest BCUT2D eigenvalue weighted by atomic mass is 10.0. The predicted molar refractivity (Wildman–Crippen MR) is 62.5 cm³/mol. The molecule has 0 atom stereocenters. The Kier molecular flexibility index (Phi) is 8.46. The van der Waals surface area contributed by atoms with Crippen LogP contribution in [-0.4, -0.2) is 38.0 Å². The number of nitrogens with two attached hydrogens (primary N) is 2. The fraction of sp³-hybridized carbons (Fsp3) is 0.800. The van der Waals surface area contributed by atoms with Gasteiger partial charge < -0.3 is 22.1 Å². The molecule has 2 amide bonds. The second-order valence-corrected chi connectivity index (χ2v) is 3.50. The summed E-state index contributed by atoms with van der Waals surface area (Å²) >= 11 is 0. The fourth-order valence-electron chi connectivity index (χ4n) is 1.31. The number of hydrogen-bond acceptors (Lipinski definition) is 4. The van der Waals surface area contributed by atoms with Crippen LogP contribution in [0.1, 0.15) is 19.8 Å². The van der Waals surface area contributed by atoms with Crippen LogP contribution in [0.25, 0.3) is 0 Å². The van der Waals surface area contributed by atoms with Crippen LogP contribution in [0.3, 0.4) is 0 Å². The Morgan fingerprint density at radius 3 is 1.81 bits per heavy atom. The number of carbonyl (C=O) groups excluding carboxylic acids is 2. The van der Waals surface area contributed by atoms with Crippen LogP contribution in [0.2, 0.25) is 0 Å². The van der Waals surface area contributed by atoms with Gasteiger partial charge in [0.25, 0.3) is 0 Å². The fourth-order valence-corrected chi connectivity index (χ4v) is 1.31. The van der Waals surface area contributed by atoms with Gasteiger partial charge in [0.2, 0.25) is 11.8 Å². The Hall–Kier alpha value is -1.14. The van der Waals surface area contributed by atoms with Gasteiger partial charge in [-0.05, 0) is 6.42 Å². The minimum absolute atomic E-state index is 0.262. The third-order valence-corrected chi connectivity index (χ3v) is 2.10. The minimum atomic E-state index is -0.636. The number of amides is 2. The Bertz CT molecular complexity index is 201. The van der Waals surface area contributed by atoms with E-state index >= 15 is 0 Å². The summed E-state index contributed by atoms with van der Waals surface area (Å²) < 4.78 is 0. The minimum Gasteiger partial charge on any atom is -0.354 e. The van der Waals surface area contributed by atoms with Gasteiger partial charge in [-0.2, -0.15) is 0 Å². The van der Waals surface area contributed by atoms with Gasteiger partial charge in [0.15, 0.2) is 0 Å². The Morgan fingerprint density at radius 1 is 1.06 bits per heavy atom. The van der Waals surface area contributed by atoms with E-state index in [9.17, 15) is 9.59 Å². The maximum absolute atomic E-state index is 11.6. The van der Waals surface area contributed by atoms with Crippen LogP contribution in [0.15, 0.2) is 0 Å². The molecule has 0 bridgehead atoms. The molecule has 0 unspecified atom stereocenters. The summed E-state index contributed by atoms with van der Waals surface area (Å²) in [5, 5.41) is 5.24. The molecule has 6 heteroatoms. The Labute approximate surface area is 96.1 Å². The molecule has 6 nitrogen and oxygen atoms in total. The number of rotatable bonds is 8. The molecule has 94 valence electrons. The first kappa shape index (κ1) is 14.9. The molecular weight excluding hydrogens is 208 g/mol. The van der Waals surface area contributed by atoms with Gasteiger partial charge in [0.1, 0.15) is 5.92 Å². The van der Waals surface area contributed by atoms with Crippen molar-refractivity contribution in [2.75, 3.05) is 26.2 Å². The summed E-state index contributed by atoms with van der Waals surface area (Å²) in [6, 6.07) is 0. The molecule has 6 N–H and O–H groups in total. The SMILES string of the molecule is CCCC(C(=O)NCCN)C(=O)NCCN. The molecule has 16 heavy (non-hydrogen) atoms. The van der Waals surface area contributed by atoms with E-state index in [4.69, 9.17) is 11.5 Å². The zero-order chi connectivity index (χ0) is 12.4. The van der Waals surface area contributed by atoms with Gasteiger partial charge in [-0.3, -0.25) is 9.59 Å². The van der Waals surface area contributed by atoms with Crippen LogP contribution >= 0.6 is 0 Å². The van der Waals surface area contributed by atoms with E-state index in [1.807, 2.05) is 6.92 Å². The molecule has 0 fully saturated rings. The van der Waals surface area contributed by atoms with Crippen molar-refractivity contribution in [3.05, 3.63) is 0 Å². The molecule has 0 aliphatic carbocycles. The van der Waals surface area contributed by atoms with Gasteiger partial charge in [0, 0.05) is 26.2 Å². The van der Waals surface area contributed by atoms with Crippen molar-refractivity contribution < 1.29 is 9.59 Å². The van der Waals surface area contributed by atoms with Crippen LogP contribution < -0.4 is 22.1 Å². The van der Waals surface area contributed by atoms with Gasteiger partial charge in [-0.25, -0.2) is 0 Å². The maximum atomic E-state index is 11.6. The summed E-state index contributed by atoms with van der Waals surface area (Å²) in [6.45, 7) is 3.45. The third-order valence-electron chi connectivity index (χ3n) is 2.10. The second kappa shape index (κ2) is 9.11. The largest absolute Gasteiger partial charge is 0.354 e. The highest BCUT2D eigenvalue weighted by atomic mass is 16.2. The first-order valence-corrected chi connectivity index (χ1v) is 5.62. The number of hydrogen-bond donors (Lipinski definition) is 4. The van der Waals surface area contributed by atoms with E-state index < -0.39 is 5.92 Å².